The molecule has 5 nitrogen and oxygen atoms in total. The van der Waals surface area contributed by atoms with E-state index in [-0.39, 0.29) is 0 Å². The zero-order valence-corrected chi connectivity index (χ0v) is 17.9. The van der Waals surface area contributed by atoms with Crippen LogP contribution in [0.3, 0.4) is 0 Å². The zero-order valence-electron chi connectivity index (χ0n) is 17.1. The number of ether oxygens (including phenoxy) is 3. The number of nitrogens with zero attached hydrogens (tertiary/aromatic N) is 2. The van der Waals surface area contributed by atoms with Crippen molar-refractivity contribution in [3.63, 3.8) is 0 Å². The quantitative estimate of drug-likeness (QED) is 0.480. The molecule has 1 heterocycles. The molecule has 3 aromatic rings. The van der Waals surface area contributed by atoms with Gasteiger partial charge >= 0.3 is 0 Å². The van der Waals surface area contributed by atoms with E-state index in [0.29, 0.717) is 23.7 Å². The Bertz CT molecular complexity index is 1110. The molecule has 0 aliphatic carbocycles. The summed E-state index contributed by atoms with van der Waals surface area (Å²) in [7, 11) is 3.29. The van der Waals surface area contributed by atoms with Gasteiger partial charge in [0.25, 0.3) is 0 Å². The highest BCUT2D eigenvalue weighted by atomic mass is 32.2. The van der Waals surface area contributed by atoms with E-state index in [2.05, 4.69) is 0 Å². The molecule has 0 bridgehead atoms. The minimum Gasteiger partial charge on any atom is -0.497 e. The first-order chi connectivity index (χ1) is 14.7. The van der Waals surface area contributed by atoms with Crippen LogP contribution in [0.5, 0.6) is 23.0 Å². The fourth-order valence-electron chi connectivity index (χ4n) is 3.15. The molecule has 3 aromatic carbocycles. The predicted molar refractivity (Wildman–Crippen MR) is 124 cm³/mol. The minimum atomic E-state index is 0.654. The Morgan fingerprint density at radius 3 is 2.20 bits per heavy atom. The maximum Gasteiger partial charge on any atom is 0.169 e. The molecule has 0 unspecified atom stereocenters. The summed E-state index contributed by atoms with van der Waals surface area (Å²) < 4.78 is 16.7. The summed E-state index contributed by atoms with van der Waals surface area (Å²) in [6.45, 7) is 0. The van der Waals surface area contributed by atoms with Gasteiger partial charge in [-0.25, -0.2) is 9.98 Å². The Morgan fingerprint density at radius 2 is 1.50 bits per heavy atom. The number of benzene rings is 3. The summed E-state index contributed by atoms with van der Waals surface area (Å²) in [6, 6.07) is 21.3. The number of hydrogen-bond acceptors (Lipinski definition) is 6. The summed E-state index contributed by atoms with van der Waals surface area (Å²) >= 11 is 1.64. The molecule has 0 amide bonds. The van der Waals surface area contributed by atoms with Crippen molar-refractivity contribution >= 4 is 33.9 Å². The molecule has 0 aromatic heterocycles. The van der Waals surface area contributed by atoms with Crippen molar-refractivity contribution in [2.24, 2.45) is 9.98 Å². The molecule has 0 saturated carbocycles. The first-order valence-corrected chi connectivity index (χ1v) is 10.7. The van der Waals surface area contributed by atoms with Gasteiger partial charge in [0, 0.05) is 12.5 Å². The Kier molecular flexibility index (Phi) is 6.05. The van der Waals surface area contributed by atoms with Gasteiger partial charge in [0.2, 0.25) is 0 Å². The van der Waals surface area contributed by atoms with Gasteiger partial charge in [0.15, 0.2) is 11.5 Å². The van der Waals surface area contributed by atoms with Crippen LogP contribution in [-0.2, 0) is 0 Å². The summed E-state index contributed by atoms with van der Waals surface area (Å²) in [5, 5.41) is 1.02. The Hall–Kier alpha value is -3.25. The number of methoxy groups -OCH3 is 2. The molecule has 0 saturated heterocycles. The van der Waals surface area contributed by atoms with Crippen LogP contribution >= 0.6 is 11.8 Å². The third-order valence-corrected chi connectivity index (χ3v) is 5.43. The first-order valence-electron chi connectivity index (χ1n) is 9.48. The van der Waals surface area contributed by atoms with Crippen LogP contribution in [0, 0.1) is 0 Å². The second-order valence-corrected chi connectivity index (χ2v) is 7.46. The van der Waals surface area contributed by atoms with Gasteiger partial charge in [0.05, 0.1) is 36.3 Å². The van der Waals surface area contributed by atoms with E-state index < -0.39 is 0 Å². The fourth-order valence-corrected chi connectivity index (χ4v) is 3.62. The van der Waals surface area contributed by atoms with E-state index in [4.69, 9.17) is 24.2 Å². The highest BCUT2D eigenvalue weighted by Gasteiger charge is 2.16. The second-order valence-electron chi connectivity index (χ2n) is 6.58. The summed E-state index contributed by atoms with van der Waals surface area (Å²) in [6.07, 6.45) is 2.71. The molecule has 30 heavy (non-hydrogen) atoms. The highest BCUT2D eigenvalue weighted by molar-refractivity contribution is 8.13. The molecule has 0 fully saturated rings. The van der Waals surface area contributed by atoms with Gasteiger partial charge < -0.3 is 14.2 Å². The maximum atomic E-state index is 6.07. The molecule has 0 atom stereocenters. The lowest BCUT2D eigenvalue weighted by molar-refractivity contribution is 0.379. The largest absolute Gasteiger partial charge is 0.497 e. The molecular weight excluding hydrogens is 396 g/mol. The molecule has 152 valence electrons. The van der Waals surface area contributed by atoms with E-state index in [1.807, 2.05) is 73.0 Å². The molecule has 0 radical (unpaired) electrons. The van der Waals surface area contributed by atoms with Gasteiger partial charge in [-0.15, -0.1) is 11.8 Å². The summed E-state index contributed by atoms with van der Waals surface area (Å²) in [5.41, 5.74) is 3.60. The van der Waals surface area contributed by atoms with E-state index >= 15 is 0 Å². The Labute approximate surface area is 180 Å². The van der Waals surface area contributed by atoms with Crippen molar-refractivity contribution in [1.29, 1.82) is 0 Å². The van der Waals surface area contributed by atoms with Crippen molar-refractivity contribution in [1.82, 2.24) is 0 Å². The van der Waals surface area contributed by atoms with Crippen LogP contribution in [-0.4, -0.2) is 31.2 Å². The van der Waals surface area contributed by atoms with Gasteiger partial charge in [-0.3, -0.25) is 0 Å². The summed E-state index contributed by atoms with van der Waals surface area (Å²) in [5.74, 6) is 2.83. The lowest BCUT2D eigenvalue weighted by atomic mass is 10.1. The predicted octanol–water partition coefficient (Wildman–Crippen LogP) is 6.41. The highest BCUT2D eigenvalue weighted by Crippen LogP contribution is 2.39. The first kappa shape index (κ1) is 20.0. The van der Waals surface area contributed by atoms with Crippen LogP contribution in [0.1, 0.15) is 12.0 Å². The van der Waals surface area contributed by atoms with Crippen LogP contribution in [0.2, 0.25) is 0 Å². The van der Waals surface area contributed by atoms with Gasteiger partial charge in [-0.2, -0.15) is 0 Å². The van der Waals surface area contributed by atoms with Gasteiger partial charge in [-0.1, -0.05) is 12.1 Å². The maximum absolute atomic E-state index is 6.07. The van der Waals surface area contributed by atoms with Gasteiger partial charge in [0.1, 0.15) is 11.5 Å². The van der Waals surface area contributed by atoms with Crippen LogP contribution in [0.4, 0.5) is 11.4 Å². The Balaban J connectivity index is 1.72. The smallest absolute Gasteiger partial charge is 0.169 e. The van der Waals surface area contributed by atoms with E-state index in [1.54, 1.807) is 26.0 Å². The lowest BCUT2D eigenvalue weighted by Crippen LogP contribution is -2.05. The standard InChI is InChI=1S/C24H22N2O3S/c1-27-17-10-8-16(9-11-17)20-15-24(30-3)26-19-13-12-18(14-21(19)25-20)29-23-7-5-4-6-22(23)28-2/h4-14H,15H2,1-3H3. The SMILES string of the molecule is COc1ccc(C2=Nc3cc(Oc4ccccc4OC)ccc3N=C(SC)C2)cc1. The molecular formula is C24H22N2O3S. The van der Waals surface area contributed by atoms with Gasteiger partial charge in [-0.05, 0) is 60.4 Å². The number of fused-ring (bicyclic) bond motifs is 1. The average Bonchev–Trinajstić information content (AvgIpc) is 2.98. The average molecular weight is 419 g/mol. The number of hydrogen-bond donors (Lipinski definition) is 0. The monoisotopic (exact) mass is 418 g/mol. The molecule has 1 aliphatic heterocycles. The van der Waals surface area contributed by atoms with Crippen LogP contribution < -0.4 is 14.2 Å². The summed E-state index contributed by atoms with van der Waals surface area (Å²) in [4.78, 5) is 9.75. The normalized spacial score (nSPS) is 12.9. The number of aliphatic imine (C=N–C) groups is 2. The van der Waals surface area contributed by atoms with Crippen molar-refractivity contribution in [2.45, 2.75) is 6.42 Å². The fraction of sp³-hybridized carbons (Fsp3) is 0.167. The van der Waals surface area contributed by atoms with E-state index in [1.165, 1.54) is 0 Å². The van der Waals surface area contributed by atoms with Crippen molar-refractivity contribution < 1.29 is 14.2 Å². The molecule has 1 aliphatic rings. The zero-order chi connectivity index (χ0) is 20.9. The topological polar surface area (TPSA) is 52.4 Å². The van der Waals surface area contributed by atoms with Crippen LogP contribution in [0.15, 0.2) is 76.7 Å². The third kappa shape index (κ3) is 4.33. The van der Waals surface area contributed by atoms with E-state index in [9.17, 15) is 0 Å². The third-order valence-electron chi connectivity index (χ3n) is 4.72. The number of thioether (sulfide) groups is 1. The van der Waals surface area contributed by atoms with Crippen molar-refractivity contribution in [3.05, 3.63) is 72.3 Å². The molecule has 4 rings (SSSR count). The van der Waals surface area contributed by atoms with Crippen LogP contribution in [0.25, 0.3) is 0 Å². The Morgan fingerprint density at radius 1 is 0.767 bits per heavy atom. The molecule has 6 heteroatoms. The number of rotatable bonds is 5. The minimum absolute atomic E-state index is 0.654. The molecule has 0 N–H and O–H groups in total. The van der Waals surface area contributed by atoms with E-state index in [0.717, 1.165) is 33.4 Å². The van der Waals surface area contributed by atoms with Crippen molar-refractivity contribution in [2.75, 3.05) is 20.5 Å². The number of para-hydroxylation sites is 2. The molecule has 0 spiro atoms. The van der Waals surface area contributed by atoms with Crippen molar-refractivity contribution in [3.8, 4) is 23.0 Å². The lowest BCUT2D eigenvalue weighted by Gasteiger charge is -2.11. The second kappa shape index (κ2) is 9.05.